The van der Waals surface area contributed by atoms with Crippen LogP contribution in [0.3, 0.4) is 0 Å². The summed E-state index contributed by atoms with van der Waals surface area (Å²) >= 11 is 0. The van der Waals surface area contributed by atoms with Gasteiger partial charge < -0.3 is 19.4 Å². The number of likely N-dealkylation sites (tertiary alicyclic amines) is 1. The van der Waals surface area contributed by atoms with Crippen molar-refractivity contribution in [2.45, 2.75) is 19.8 Å². The Bertz CT molecular complexity index is 845. The number of carbonyl (C=O) groups excluding carboxylic acids is 2. The molecule has 0 unspecified atom stereocenters. The van der Waals surface area contributed by atoms with E-state index in [2.05, 4.69) is 5.32 Å². The first-order chi connectivity index (χ1) is 12.1. The number of esters is 1. The minimum atomic E-state index is -0.414. The van der Waals surface area contributed by atoms with Crippen molar-refractivity contribution in [1.82, 2.24) is 4.90 Å². The number of rotatable bonds is 3. The van der Waals surface area contributed by atoms with Crippen LogP contribution in [0.1, 0.15) is 19.8 Å². The number of nitrogens with one attached hydrogen (secondary N) is 1. The van der Waals surface area contributed by atoms with E-state index < -0.39 is 5.63 Å². The quantitative estimate of drug-likeness (QED) is 0.683. The second-order valence-corrected chi connectivity index (χ2v) is 5.97. The molecule has 0 bridgehead atoms. The van der Waals surface area contributed by atoms with E-state index in [0.717, 1.165) is 18.2 Å². The van der Waals surface area contributed by atoms with E-state index in [1.54, 1.807) is 36.1 Å². The maximum Gasteiger partial charge on any atom is 0.336 e. The van der Waals surface area contributed by atoms with E-state index in [-0.39, 0.29) is 17.9 Å². The highest BCUT2D eigenvalue weighted by Gasteiger charge is 2.29. The molecule has 1 aliphatic heterocycles. The average Bonchev–Trinajstić information content (AvgIpc) is 2.62. The molecular weight excluding hydrogens is 324 g/mol. The van der Waals surface area contributed by atoms with Gasteiger partial charge in [0.15, 0.2) is 0 Å². The monoisotopic (exact) mass is 344 g/mol. The van der Waals surface area contributed by atoms with Crippen LogP contribution in [-0.2, 0) is 9.53 Å². The molecule has 1 atom stereocenters. The van der Waals surface area contributed by atoms with Crippen LogP contribution in [0.5, 0.6) is 0 Å². The summed E-state index contributed by atoms with van der Waals surface area (Å²) in [5, 5.41) is 3.55. The number of fused-ring (bicyclic) bond motifs is 1. The molecule has 1 fully saturated rings. The van der Waals surface area contributed by atoms with E-state index in [9.17, 15) is 14.4 Å². The Kier molecular flexibility index (Phi) is 5.02. The van der Waals surface area contributed by atoms with Gasteiger partial charge in [0, 0.05) is 30.2 Å². The van der Waals surface area contributed by atoms with Crippen molar-refractivity contribution >= 4 is 28.7 Å². The summed E-state index contributed by atoms with van der Waals surface area (Å²) < 4.78 is 10.1. The summed E-state index contributed by atoms with van der Waals surface area (Å²) in [6, 6.07) is 7.78. The average molecular weight is 344 g/mol. The predicted octanol–water partition coefficient (Wildman–Crippen LogP) is 2.60. The van der Waals surface area contributed by atoms with Gasteiger partial charge in [0.1, 0.15) is 5.58 Å². The highest BCUT2D eigenvalue weighted by molar-refractivity contribution is 5.92. The topological polar surface area (TPSA) is 88.8 Å². The summed E-state index contributed by atoms with van der Waals surface area (Å²) in [6.45, 7) is 3.07. The van der Waals surface area contributed by atoms with Gasteiger partial charge >= 0.3 is 17.6 Å². The zero-order valence-corrected chi connectivity index (χ0v) is 14.0. The molecule has 0 aliphatic carbocycles. The number of nitrogens with zero attached hydrogens (tertiary/aromatic N) is 1. The molecule has 0 saturated carbocycles. The lowest BCUT2D eigenvalue weighted by Gasteiger charge is -2.31. The van der Waals surface area contributed by atoms with E-state index >= 15 is 0 Å². The number of urea groups is 1. The van der Waals surface area contributed by atoms with Gasteiger partial charge in [-0.1, -0.05) is 0 Å². The zero-order valence-electron chi connectivity index (χ0n) is 14.0. The summed E-state index contributed by atoms with van der Waals surface area (Å²) in [7, 11) is 0. The summed E-state index contributed by atoms with van der Waals surface area (Å²) in [5.74, 6) is -0.522. The highest BCUT2D eigenvalue weighted by atomic mass is 16.5. The molecule has 25 heavy (non-hydrogen) atoms. The van der Waals surface area contributed by atoms with Gasteiger partial charge in [0.2, 0.25) is 0 Å². The second-order valence-electron chi connectivity index (χ2n) is 5.97. The second kappa shape index (κ2) is 7.38. The van der Waals surface area contributed by atoms with Gasteiger partial charge in [-0.05, 0) is 44.0 Å². The normalized spacial score (nSPS) is 17.3. The molecule has 1 N–H and O–H groups in total. The molecule has 7 nitrogen and oxygen atoms in total. The number of hydrogen-bond donors (Lipinski definition) is 1. The maximum atomic E-state index is 12.5. The molecular formula is C18H20N2O5. The number of hydrogen-bond acceptors (Lipinski definition) is 5. The molecule has 2 heterocycles. The Morgan fingerprint density at radius 1 is 1.32 bits per heavy atom. The van der Waals surface area contributed by atoms with Gasteiger partial charge in [0.25, 0.3) is 0 Å². The fourth-order valence-corrected chi connectivity index (χ4v) is 2.97. The Morgan fingerprint density at radius 2 is 2.16 bits per heavy atom. The van der Waals surface area contributed by atoms with Crippen LogP contribution in [0.4, 0.5) is 10.5 Å². The van der Waals surface area contributed by atoms with E-state index in [1.807, 2.05) is 0 Å². The third kappa shape index (κ3) is 3.99. The third-order valence-electron chi connectivity index (χ3n) is 4.20. The number of anilines is 1. The van der Waals surface area contributed by atoms with Crippen molar-refractivity contribution in [1.29, 1.82) is 0 Å². The van der Waals surface area contributed by atoms with Crippen molar-refractivity contribution in [3.63, 3.8) is 0 Å². The molecule has 1 saturated heterocycles. The molecule has 7 heteroatoms. The molecule has 1 aliphatic rings. The number of ether oxygens (including phenoxy) is 1. The van der Waals surface area contributed by atoms with Gasteiger partial charge in [-0.15, -0.1) is 0 Å². The van der Waals surface area contributed by atoms with Crippen LogP contribution in [0.25, 0.3) is 11.0 Å². The van der Waals surface area contributed by atoms with Gasteiger partial charge in [-0.2, -0.15) is 0 Å². The van der Waals surface area contributed by atoms with Crippen LogP contribution >= 0.6 is 0 Å². The first-order valence-corrected chi connectivity index (χ1v) is 8.33. The fraction of sp³-hybridized carbons (Fsp3) is 0.389. The van der Waals surface area contributed by atoms with Gasteiger partial charge in [-0.25, -0.2) is 9.59 Å². The molecule has 0 spiro atoms. The van der Waals surface area contributed by atoms with E-state index in [0.29, 0.717) is 31.0 Å². The largest absolute Gasteiger partial charge is 0.466 e. The smallest absolute Gasteiger partial charge is 0.336 e. The van der Waals surface area contributed by atoms with Crippen molar-refractivity contribution in [3.8, 4) is 0 Å². The predicted molar refractivity (Wildman–Crippen MR) is 92.4 cm³/mol. The Morgan fingerprint density at radius 3 is 2.96 bits per heavy atom. The minimum Gasteiger partial charge on any atom is -0.466 e. The lowest BCUT2D eigenvalue weighted by molar-refractivity contribution is -0.149. The lowest BCUT2D eigenvalue weighted by atomic mass is 9.98. The maximum absolute atomic E-state index is 12.5. The van der Waals surface area contributed by atoms with Crippen molar-refractivity contribution < 1.29 is 18.7 Å². The van der Waals surface area contributed by atoms with Crippen LogP contribution in [-0.4, -0.2) is 36.6 Å². The Labute approximate surface area is 144 Å². The van der Waals surface area contributed by atoms with Crippen LogP contribution < -0.4 is 10.9 Å². The standard InChI is InChI=1S/C18H20N2O5/c1-2-24-17(22)13-4-3-9-20(11-13)18(23)19-14-6-7-15-12(10-14)5-8-16(21)25-15/h5-8,10,13H,2-4,9,11H2,1H3,(H,19,23)/t13-/m0/s1. The summed E-state index contributed by atoms with van der Waals surface area (Å²) in [5.41, 5.74) is 0.651. The van der Waals surface area contributed by atoms with Crippen LogP contribution in [0, 0.1) is 5.92 Å². The van der Waals surface area contributed by atoms with Crippen molar-refractivity contribution in [3.05, 3.63) is 40.8 Å². The Balaban J connectivity index is 1.68. The summed E-state index contributed by atoms with van der Waals surface area (Å²) in [6.07, 6.45) is 1.50. The SMILES string of the molecule is CCOC(=O)[C@H]1CCCN(C(=O)Nc2ccc3oc(=O)ccc3c2)C1. The Hall–Kier alpha value is -2.83. The van der Waals surface area contributed by atoms with Crippen molar-refractivity contribution in [2.75, 3.05) is 25.0 Å². The van der Waals surface area contributed by atoms with E-state index in [4.69, 9.17) is 9.15 Å². The molecule has 1 aromatic heterocycles. The first-order valence-electron chi connectivity index (χ1n) is 8.33. The number of amides is 2. The highest BCUT2D eigenvalue weighted by Crippen LogP contribution is 2.21. The molecule has 132 valence electrons. The number of piperidine rings is 1. The minimum absolute atomic E-state index is 0.249. The van der Waals surface area contributed by atoms with Gasteiger partial charge in [-0.3, -0.25) is 4.79 Å². The molecule has 3 rings (SSSR count). The van der Waals surface area contributed by atoms with E-state index in [1.165, 1.54) is 6.07 Å². The van der Waals surface area contributed by atoms with Crippen molar-refractivity contribution in [2.24, 2.45) is 5.92 Å². The molecule has 0 radical (unpaired) electrons. The third-order valence-corrected chi connectivity index (χ3v) is 4.20. The van der Waals surface area contributed by atoms with Crippen LogP contribution in [0.15, 0.2) is 39.5 Å². The molecule has 2 aromatic rings. The zero-order chi connectivity index (χ0) is 17.8. The van der Waals surface area contributed by atoms with Crippen LogP contribution in [0.2, 0.25) is 0 Å². The molecule has 2 amide bonds. The summed E-state index contributed by atoms with van der Waals surface area (Å²) in [4.78, 5) is 37.2. The first kappa shape index (κ1) is 17.0. The lowest BCUT2D eigenvalue weighted by Crippen LogP contribution is -2.44. The molecule has 1 aromatic carbocycles. The fourth-order valence-electron chi connectivity index (χ4n) is 2.97. The number of benzene rings is 1. The number of carbonyl (C=O) groups is 2. The van der Waals surface area contributed by atoms with Gasteiger partial charge in [0.05, 0.1) is 12.5 Å².